The Morgan fingerprint density at radius 1 is 1.17 bits per heavy atom. The first-order chi connectivity index (χ1) is 14.4. The number of hydrogen-bond acceptors (Lipinski definition) is 10. The van der Waals surface area contributed by atoms with E-state index in [9.17, 15) is 25.2 Å². The SMILES string of the molecule is Cc1csc(-c2coc3cc(OC[C@@H]4O[C@H](CO)[C@@H](O)[C@@H](O)[C@H]4O)ccc3c2=O)n1. The van der Waals surface area contributed by atoms with Gasteiger partial charge in [-0.15, -0.1) is 11.3 Å². The average Bonchev–Trinajstić information content (AvgIpc) is 3.17. The van der Waals surface area contributed by atoms with Gasteiger partial charge in [0, 0.05) is 17.1 Å². The van der Waals surface area contributed by atoms with Crippen molar-refractivity contribution < 1.29 is 34.3 Å². The third-order valence-corrected chi connectivity index (χ3v) is 5.99. The second-order valence-electron chi connectivity index (χ2n) is 7.11. The standard InChI is InChI=1S/C20H21NO8S/c1-9-8-30-20(21-9)12-6-28-13-4-10(2-3-11(13)16(12)23)27-7-15-18(25)19(26)17(24)14(5-22)29-15/h2-4,6,8,14-15,17-19,22,24-26H,5,7H2,1H3/t14-,15+,17-,18+,19-/m1/s1. The topological polar surface area (TPSA) is 142 Å². The van der Waals surface area contributed by atoms with Gasteiger partial charge in [0.15, 0.2) is 0 Å². The van der Waals surface area contributed by atoms with Gasteiger partial charge in [-0.25, -0.2) is 4.98 Å². The summed E-state index contributed by atoms with van der Waals surface area (Å²) in [7, 11) is 0. The maximum Gasteiger partial charge on any atom is 0.202 e. The van der Waals surface area contributed by atoms with Crippen molar-refractivity contribution in [1.29, 1.82) is 0 Å². The van der Waals surface area contributed by atoms with E-state index in [0.29, 0.717) is 27.3 Å². The van der Waals surface area contributed by atoms with Crippen LogP contribution >= 0.6 is 11.3 Å². The molecular weight excluding hydrogens is 414 g/mol. The van der Waals surface area contributed by atoms with Crippen molar-refractivity contribution in [2.75, 3.05) is 13.2 Å². The number of hydrogen-bond donors (Lipinski definition) is 4. The Kier molecular flexibility index (Phi) is 5.87. The first kappa shape index (κ1) is 20.9. The predicted molar refractivity (Wildman–Crippen MR) is 108 cm³/mol. The van der Waals surface area contributed by atoms with Gasteiger partial charge in [0.25, 0.3) is 0 Å². The summed E-state index contributed by atoms with van der Waals surface area (Å²) in [6.45, 7) is 1.19. The van der Waals surface area contributed by atoms with Crippen LogP contribution in [0.1, 0.15) is 5.69 Å². The summed E-state index contributed by atoms with van der Waals surface area (Å²) in [6.07, 6.45) is -4.87. The molecule has 3 aromatic rings. The van der Waals surface area contributed by atoms with Gasteiger partial charge >= 0.3 is 0 Å². The molecule has 0 spiro atoms. The number of aliphatic hydroxyl groups is 4. The number of ether oxygens (including phenoxy) is 2. The minimum Gasteiger partial charge on any atom is -0.491 e. The highest BCUT2D eigenvalue weighted by Gasteiger charge is 2.43. The molecular formula is C20H21NO8S. The van der Waals surface area contributed by atoms with Crippen LogP contribution in [0.15, 0.2) is 39.1 Å². The zero-order valence-corrected chi connectivity index (χ0v) is 16.8. The Bertz CT molecular complexity index is 1090. The molecule has 1 aromatic carbocycles. The normalized spacial score (nSPS) is 26.8. The fraction of sp³-hybridized carbons (Fsp3) is 0.400. The highest BCUT2D eigenvalue weighted by molar-refractivity contribution is 7.13. The van der Waals surface area contributed by atoms with Gasteiger partial charge in [0.1, 0.15) is 59.7 Å². The summed E-state index contributed by atoms with van der Waals surface area (Å²) in [6, 6.07) is 4.70. The summed E-state index contributed by atoms with van der Waals surface area (Å²) in [5.41, 5.74) is 1.33. The van der Waals surface area contributed by atoms with E-state index in [1.165, 1.54) is 23.7 Å². The lowest BCUT2D eigenvalue weighted by molar-refractivity contribution is -0.234. The van der Waals surface area contributed by atoms with Gasteiger partial charge in [-0.3, -0.25) is 4.79 Å². The molecule has 4 N–H and O–H groups in total. The van der Waals surface area contributed by atoms with E-state index in [1.807, 2.05) is 12.3 Å². The fourth-order valence-electron chi connectivity index (χ4n) is 3.32. The molecule has 0 saturated carbocycles. The van der Waals surface area contributed by atoms with Crippen molar-refractivity contribution in [2.24, 2.45) is 0 Å². The number of aliphatic hydroxyl groups excluding tert-OH is 4. The minimum absolute atomic E-state index is 0.145. The smallest absolute Gasteiger partial charge is 0.202 e. The van der Waals surface area contributed by atoms with E-state index >= 15 is 0 Å². The molecule has 3 heterocycles. The van der Waals surface area contributed by atoms with E-state index in [1.54, 1.807) is 12.1 Å². The first-order valence-electron chi connectivity index (χ1n) is 9.30. The highest BCUT2D eigenvalue weighted by atomic mass is 32.1. The molecule has 0 bridgehead atoms. The maximum absolute atomic E-state index is 12.8. The number of fused-ring (bicyclic) bond motifs is 1. The molecule has 0 radical (unpaired) electrons. The summed E-state index contributed by atoms with van der Waals surface area (Å²) < 4.78 is 16.6. The van der Waals surface area contributed by atoms with Crippen LogP contribution in [0, 0.1) is 6.92 Å². The Morgan fingerprint density at radius 3 is 2.63 bits per heavy atom. The molecule has 1 aliphatic heterocycles. The number of aryl methyl sites for hydroxylation is 1. The lowest BCUT2D eigenvalue weighted by Gasteiger charge is -2.39. The molecule has 2 aromatic heterocycles. The van der Waals surface area contributed by atoms with Crippen molar-refractivity contribution in [1.82, 2.24) is 4.98 Å². The monoisotopic (exact) mass is 435 g/mol. The van der Waals surface area contributed by atoms with Crippen molar-refractivity contribution in [3.05, 3.63) is 45.8 Å². The van der Waals surface area contributed by atoms with Gasteiger partial charge < -0.3 is 34.3 Å². The third kappa shape index (κ3) is 3.85. The number of thiazole rings is 1. The molecule has 9 nitrogen and oxygen atoms in total. The molecule has 1 fully saturated rings. The van der Waals surface area contributed by atoms with Gasteiger partial charge in [0.2, 0.25) is 5.43 Å². The van der Waals surface area contributed by atoms with Gasteiger partial charge in [-0.1, -0.05) is 0 Å². The van der Waals surface area contributed by atoms with Crippen molar-refractivity contribution in [2.45, 2.75) is 37.4 Å². The zero-order chi connectivity index (χ0) is 21.4. The minimum atomic E-state index is -1.47. The second kappa shape index (κ2) is 8.42. The van der Waals surface area contributed by atoms with Crippen LogP contribution in [0.4, 0.5) is 0 Å². The Balaban J connectivity index is 1.52. The van der Waals surface area contributed by atoms with Crippen LogP contribution in [-0.2, 0) is 4.74 Å². The maximum atomic E-state index is 12.8. The number of rotatable bonds is 5. The van der Waals surface area contributed by atoms with Crippen molar-refractivity contribution >= 4 is 22.3 Å². The van der Waals surface area contributed by atoms with E-state index in [4.69, 9.17) is 13.9 Å². The molecule has 4 rings (SSSR count). The quantitative estimate of drug-likeness (QED) is 0.449. The zero-order valence-electron chi connectivity index (χ0n) is 16.0. The first-order valence-corrected chi connectivity index (χ1v) is 10.2. The molecule has 30 heavy (non-hydrogen) atoms. The Hall–Kier alpha value is -2.34. The van der Waals surface area contributed by atoms with E-state index < -0.39 is 37.1 Å². The van der Waals surface area contributed by atoms with Crippen molar-refractivity contribution in [3.8, 4) is 16.3 Å². The van der Waals surface area contributed by atoms with Crippen LogP contribution < -0.4 is 10.2 Å². The predicted octanol–water partition coefficient (Wildman–Crippen LogP) is 0.446. The molecule has 160 valence electrons. The molecule has 1 aliphatic rings. The Morgan fingerprint density at radius 2 is 1.93 bits per heavy atom. The number of benzene rings is 1. The molecule has 5 atom stereocenters. The fourth-order valence-corrected chi connectivity index (χ4v) is 4.12. The van der Waals surface area contributed by atoms with E-state index in [-0.39, 0.29) is 12.0 Å². The highest BCUT2D eigenvalue weighted by Crippen LogP contribution is 2.26. The molecule has 1 saturated heterocycles. The summed E-state index contributed by atoms with van der Waals surface area (Å²) in [4.78, 5) is 17.1. The van der Waals surface area contributed by atoms with Crippen LogP contribution in [0.3, 0.4) is 0 Å². The van der Waals surface area contributed by atoms with Crippen LogP contribution in [0.25, 0.3) is 21.5 Å². The largest absolute Gasteiger partial charge is 0.491 e. The summed E-state index contributed by atoms with van der Waals surface area (Å²) in [5.74, 6) is 0.362. The van der Waals surface area contributed by atoms with Crippen LogP contribution in [-0.4, -0.2) is 69.1 Å². The van der Waals surface area contributed by atoms with Crippen molar-refractivity contribution in [3.63, 3.8) is 0 Å². The second-order valence-corrected chi connectivity index (χ2v) is 7.97. The lowest BCUT2D eigenvalue weighted by Crippen LogP contribution is -2.59. The van der Waals surface area contributed by atoms with Gasteiger partial charge in [0.05, 0.1) is 17.6 Å². The van der Waals surface area contributed by atoms with Gasteiger partial charge in [-0.05, 0) is 19.1 Å². The third-order valence-electron chi connectivity index (χ3n) is 5.00. The van der Waals surface area contributed by atoms with Gasteiger partial charge in [-0.2, -0.15) is 0 Å². The number of aromatic nitrogens is 1. The molecule has 10 heteroatoms. The lowest BCUT2D eigenvalue weighted by atomic mass is 9.95. The molecule has 0 amide bonds. The summed E-state index contributed by atoms with van der Waals surface area (Å²) in [5, 5.41) is 41.8. The number of nitrogens with zero attached hydrogens (tertiary/aromatic N) is 1. The average molecular weight is 435 g/mol. The summed E-state index contributed by atoms with van der Waals surface area (Å²) >= 11 is 1.37. The van der Waals surface area contributed by atoms with E-state index in [0.717, 1.165) is 5.69 Å². The molecule has 0 aliphatic carbocycles. The van der Waals surface area contributed by atoms with Crippen LogP contribution in [0.2, 0.25) is 0 Å². The van der Waals surface area contributed by atoms with Crippen LogP contribution in [0.5, 0.6) is 5.75 Å². The van der Waals surface area contributed by atoms with E-state index in [2.05, 4.69) is 4.98 Å². The Labute approximate surface area is 174 Å². The molecule has 0 unspecified atom stereocenters.